The van der Waals surface area contributed by atoms with Gasteiger partial charge in [-0.15, -0.1) is 0 Å². The minimum absolute atomic E-state index is 0.151. The molecule has 0 spiro atoms. The zero-order valence-electron chi connectivity index (χ0n) is 13.8. The minimum atomic E-state index is -4.50. The fraction of sp³-hybridized carbons (Fsp3) is 0.438. The van der Waals surface area contributed by atoms with Gasteiger partial charge in [-0.2, -0.15) is 13.2 Å². The van der Waals surface area contributed by atoms with Crippen LogP contribution in [0.3, 0.4) is 0 Å². The molecule has 1 aromatic carbocycles. The summed E-state index contributed by atoms with van der Waals surface area (Å²) in [5, 5.41) is 2.77. The predicted octanol–water partition coefficient (Wildman–Crippen LogP) is 1.00. The minimum Gasteiger partial charge on any atom is -0.384 e. The maximum absolute atomic E-state index is 13.7. The highest BCUT2D eigenvalue weighted by Gasteiger charge is 2.38. The van der Waals surface area contributed by atoms with Crippen molar-refractivity contribution in [3.63, 3.8) is 0 Å². The van der Waals surface area contributed by atoms with Crippen molar-refractivity contribution < 1.29 is 13.2 Å². The number of alkyl halides is 3. The molecular weight excluding hydrogens is 333 g/mol. The zero-order chi connectivity index (χ0) is 18.2. The zero-order valence-corrected chi connectivity index (χ0v) is 13.8. The third kappa shape index (κ3) is 3.57. The lowest BCUT2D eigenvalue weighted by Gasteiger charge is -2.36. The van der Waals surface area contributed by atoms with Gasteiger partial charge in [0.15, 0.2) is 0 Å². The predicted molar refractivity (Wildman–Crippen MR) is 90.9 cm³/mol. The number of nitrogens with one attached hydrogen (secondary N) is 1. The summed E-state index contributed by atoms with van der Waals surface area (Å²) in [4.78, 5) is 7.88. The summed E-state index contributed by atoms with van der Waals surface area (Å²) in [5.74, 6) is -1.36. The number of halogens is 3. The molecule has 0 radical (unpaired) electrons. The number of amidine groups is 1. The van der Waals surface area contributed by atoms with E-state index in [1.165, 1.54) is 18.3 Å². The monoisotopic (exact) mass is 354 g/mol. The fourth-order valence-electron chi connectivity index (χ4n) is 3.00. The number of nitrogens with two attached hydrogens (primary N) is 2. The van der Waals surface area contributed by atoms with Crippen LogP contribution in [0, 0.1) is 0 Å². The molecule has 0 aliphatic carbocycles. The van der Waals surface area contributed by atoms with E-state index >= 15 is 0 Å². The summed E-state index contributed by atoms with van der Waals surface area (Å²) < 4.78 is 41.0. The molecule has 136 valence electrons. The lowest BCUT2D eigenvalue weighted by Crippen LogP contribution is -2.49. The normalized spacial score (nSPS) is 24.8. The largest absolute Gasteiger partial charge is 0.418 e. The summed E-state index contributed by atoms with van der Waals surface area (Å²) in [6, 6.07) is 4.08. The fourth-order valence-corrected chi connectivity index (χ4v) is 3.00. The molecule has 0 amide bonds. The molecule has 3 rings (SSSR count). The number of nitrogens with zero attached hydrogens (tertiary/aromatic N) is 3. The molecule has 1 unspecified atom stereocenters. The Labute approximate surface area is 144 Å². The Morgan fingerprint density at radius 2 is 1.88 bits per heavy atom. The average molecular weight is 354 g/mol. The first kappa shape index (κ1) is 17.6. The van der Waals surface area contributed by atoms with E-state index in [1.54, 1.807) is 11.0 Å². The van der Waals surface area contributed by atoms with Crippen LogP contribution in [-0.2, 0) is 12.0 Å². The Hall–Kier alpha value is -2.26. The highest BCUT2D eigenvalue weighted by molar-refractivity contribution is 5.92. The standard InChI is InChI=1S/C16H21F3N6/c1-24-6-8-25(9-7-24)13-3-2-11(10-12(13)15(17,18)19)16(21)22-5-4-14(20)23-16/h2-5,10,22H,6-9,21H2,1H3,(H2,20,23). The van der Waals surface area contributed by atoms with Crippen molar-refractivity contribution in [2.45, 2.75) is 12.0 Å². The molecule has 25 heavy (non-hydrogen) atoms. The van der Waals surface area contributed by atoms with Gasteiger partial charge in [-0.05, 0) is 25.3 Å². The molecule has 1 aromatic rings. The lowest BCUT2D eigenvalue weighted by molar-refractivity contribution is -0.137. The van der Waals surface area contributed by atoms with Crippen molar-refractivity contribution >= 4 is 11.5 Å². The molecule has 0 saturated carbocycles. The number of hydrogen-bond donors (Lipinski definition) is 3. The number of piperazine rings is 1. The highest BCUT2D eigenvalue weighted by Crippen LogP contribution is 2.39. The second kappa shape index (κ2) is 6.23. The van der Waals surface area contributed by atoms with E-state index in [1.807, 2.05) is 7.05 Å². The van der Waals surface area contributed by atoms with Crippen molar-refractivity contribution in [3.8, 4) is 0 Å². The quantitative estimate of drug-likeness (QED) is 0.738. The Morgan fingerprint density at radius 1 is 1.20 bits per heavy atom. The summed E-state index contributed by atoms with van der Waals surface area (Å²) >= 11 is 0. The first-order valence-corrected chi connectivity index (χ1v) is 7.93. The van der Waals surface area contributed by atoms with Crippen molar-refractivity contribution in [3.05, 3.63) is 41.6 Å². The number of hydrogen-bond acceptors (Lipinski definition) is 6. The first-order valence-electron chi connectivity index (χ1n) is 7.93. The van der Waals surface area contributed by atoms with Crippen molar-refractivity contribution in [2.24, 2.45) is 16.5 Å². The smallest absolute Gasteiger partial charge is 0.384 e. The Kier molecular flexibility index (Phi) is 4.38. The number of benzene rings is 1. The van der Waals surface area contributed by atoms with E-state index in [0.29, 0.717) is 26.2 Å². The van der Waals surface area contributed by atoms with E-state index in [4.69, 9.17) is 11.5 Å². The van der Waals surface area contributed by atoms with E-state index in [2.05, 4.69) is 15.2 Å². The molecule has 1 atom stereocenters. The lowest BCUT2D eigenvalue weighted by atomic mass is 10.0. The maximum atomic E-state index is 13.7. The van der Waals surface area contributed by atoms with E-state index < -0.39 is 17.5 Å². The van der Waals surface area contributed by atoms with Crippen LogP contribution in [0.5, 0.6) is 0 Å². The van der Waals surface area contributed by atoms with Gasteiger partial charge >= 0.3 is 6.18 Å². The van der Waals surface area contributed by atoms with Gasteiger partial charge in [0, 0.05) is 43.6 Å². The Morgan fingerprint density at radius 3 is 2.48 bits per heavy atom. The van der Waals surface area contributed by atoms with Crippen molar-refractivity contribution in [1.29, 1.82) is 0 Å². The molecule has 1 fully saturated rings. The van der Waals surface area contributed by atoms with Crippen LogP contribution < -0.4 is 21.7 Å². The van der Waals surface area contributed by atoms with Gasteiger partial charge in [0.05, 0.1) is 5.56 Å². The van der Waals surface area contributed by atoms with Gasteiger partial charge in [-0.25, -0.2) is 4.99 Å². The molecule has 2 aliphatic heterocycles. The Balaban J connectivity index is 2.00. The molecule has 6 nitrogen and oxygen atoms in total. The summed E-state index contributed by atoms with van der Waals surface area (Å²) in [5.41, 5.74) is 11.4. The number of likely N-dealkylation sites (N-methyl/N-ethyl adjacent to an activating group) is 1. The number of anilines is 1. The van der Waals surface area contributed by atoms with Crippen molar-refractivity contribution in [1.82, 2.24) is 10.2 Å². The van der Waals surface area contributed by atoms with E-state index in [-0.39, 0.29) is 17.1 Å². The van der Waals surface area contributed by atoms with Gasteiger partial charge in [0.2, 0.25) is 5.79 Å². The highest BCUT2D eigenvalue weighted by atomic mass is 19.4. The molecular formula is C16H21F3N6. The molecule has 9 heteroatoms. The average Bonchev–Trinajstić information content (AvgIpc) is 2.54. The summed E-state index contributed by atoms with van der Waals surface area (Å²) in [6.45, 7) is 2.51. The molecule has 0 aromatic heterocycles. The molecule has 2 aliphatic rings. The van der Waals surface area contributed by atoms with Crippen LogP contribution >= 0.6 is 0 Å². The van der Waals surface area contributed by atoms with Gasteiger partial charge in [-0.3, -0.25) is 5.73 Å². The second-order valence-electron chi connectivity index (χ2n) is 6.30. The molecule has 2 heterocycles. The molecule has 5 N–H and O–H groups in total. The number of rotatable bonds is 2. The topological polar surface area (TPSA) is 82.9 Å². The van der Waals surface area contributed by atoms with Crippen molar-refractivity contribution in [2.75, 3.05) is 38.1 Å². The van der Waals surface area contributed by atoms with E-state index in [9.17, 15) is 13.2 Å². The third-order valence-electron chi connectivity index (χ3n) is 4.45. The van der Waals surface area contributed by atoms with Crippen LogP contribution in [0.15, 0.2) is 35.5 Å². The first-order chi connectivity index (χ1) is 11.7. The summed E-state index contributed by atoms with van der Waals surface area (Å²) in [6.07, 6.45) is -1.52. The van der Waals surface area contributed by atoms with Crippen LogP contribution in [0.4, 0.5) is 18.9 Å². The SMILES string of the molecule is CN1CCN(c2ccc(C3(N)N=C(N)C=CN3)cc2C(F)(F)F)CC1. The summed E-state index contributed by atoms with van der Waals surface area (Å²) in [7, 11) is 1.95. The molecule has 0 bridgehead atoms. The number of aliphatic imine (C=N–C) groups is 1. The third-order valence-corrected chi connectivity index (χ3v) is 4.45. The maximum Gasteiger partial charge on any atom is 0.418 e. The Bertz CT molecular complexity index is 706. The van der Waals surface area contributed by atoms with Crippen LogP contribution in [-0.4, -0.2) is 44.0 Å². The molecule has 1 saturated heterocycles. The van der Waals surface area contributed by atoms with Crippen LogP contribution in [0.2, 0.25) is 0 Å². The van der Waals surface area contributed by atoms with Crippen LogP contribution in [0.1, 0.15) is 11.1 Å². The van der Waals surface area contributed by atoms with E-state index in [0.717, 1.165) is 6.07 Å². The van der Waals surface area contributed by atoms with Gasteiger partial charge in [-0.1, -0.05) is 6.07 Å². The van der Waals surface area contributed by atoms with Gasteiger partial charge in [0.1, 0.15) is 5.84 Å². The van der Waals surface area contributed by atoms with Crippen LogP contribution in [0.25, 0.3) is 0 Å². The van der Waals surface area contributed by atoms with Gasteiger partial charge < -0.3 is 20.9 Å². The second-order valence-corrected chi connectivity index (χ2v) is 6.30. The van der Waals surface area contributed by atoms with Gasteiger partial charge in [0.25, 0.3) is 0 Å².